The molecule has 0 bridgehead atoms. The summed E-state index contributed by atoms with van der Waals surface area (Å²) in [6.07, 6.45) is 3.93. The number of ether oxygens (including phenoxy) is 2. The van der Waals surface area contributed by atoms with Gasteiger partial charge >= 0.3 is 6.03 Å². The highest BCUT2D eigenvalue weighted by Crippen LogP contribution is 2.47. The van der Waals surface area contributed by atoms with E-state index in [0.29, 0.717) is 17.2 Å². The number of hydrogen-bond acceptors (Lipinski definition) is 4. The van der Waals surface area contributed by atoms with Gasteiger partial charge in [0.05, 0.1) is 0 Å². The Balaban J connectivity index is 1.71. The maximum absolute atomic E-state index is 12.4. The Morgan fingerprint density at radius 1 is 1.17 bits per heavy atom. The van der Waals surface area contributed by atoms with Crippen molar-refractivity contribution in [3.05, 3.63) is 18.2 Å². The highest BCUT2D eigenvalue weighted by molar-refractivity contribution is 5.97. The lowest BCUT2D eigenvalue weighted by atomic mass is 10.0. The maximum atomic E-state index is 12.4. The first-order valence-corrected chi connectivity index (χ1v) is 8.27. The molecule has 2 aliphatic rings. The lowest BCUT2D eigenvalue weighted by molar-refractivity contribution is -0.118. The van der Waals surface area contributed by atoms with E-state index < -0.39 is 17.9 Å². The van der Waals surface area contributed by atoms with Crippen molar-refractivity contribution in [2.45, 2.75) is 51.4 Å². The average molecular weight is 333 g/mol. The molecule has 1 saturated carbocycles. The summed E-state index contributed by atoms with van der Waals surface area (Å²) < 4.78 is 11.9. The summed E-state index contributed by atoms with van der Waals surface area (Å²) in [4.78, 5) is 23.4. The molecule has 130 valence electrons. The Hall–Kier alpha value is -2.44. The summed E-state index contributed by atoms with van der Waals surface area (Å²) in [6, 6.07) is 3.88. The fraction of sp³-hybridized carbons (Fsp3) is 0.529. The number of primary amides is 1. The first-order chi connectivity index (χ1) is 11.4. The number of nitrogens with one attached hydrogen (secondary N) is 2. The monoisotopic (exact) mass is 333 g/mol. The maximum Gasteiger partial charge on any atom is 0.312 e. The summed E-state index contributed by atoms with van der Waals surface area (Å²) in [7, 11) is 0. The van der Waals surface area contributed by atoms with E-state index in [2.05, 4.69) is 10.6 Å². The molecule has 1 aromatic carbocycles. The van der Waals surface area contributed by atoms with Gasteiger partial charge in [-0.25, -0.2) is 4.79 Å². The molecule has 0 saturated heterocycles. The normalized spacial score (nSPS) is 18.6. The van der Waals surface area contributed by atoms with E-state index in [1.807, 2.05) is 13.8 Å². The van der Waals surface area contributed by atoms with Crippen molar-refractivity contribution in [1.29, 1.82) is 0 Å². The van der Waals surface area contributed by atoms with Crippen molar-refractivity contribution in [2.24, 2.45) is 11.7 Å². The Kier molecular flexibility index (Phi) is 4.26. The van der Waals surface area contributed by atoms with Gasteiger partial charge in [-0.15, -0.1) is 0 Å². The van der Waals surface area contributed by atoms with Gasteiger partial charge in [0.2, 0.25) is 5.91 Å². The molecule has 0 aromatic heterocycles. The third-order valence-corrected chi connectivity index (χ3v) is 4.42. The van der Waals surface area contributed by atoms with Crippen LogP contribution in [0.15, 0.2) is 18.2 Å². The van der Waals surface area contributed by atoms with Gasteiger partial charge < -0.3 is 25.8 Å². The third-order valence-electron chi connectivity index (χ3n) is 4.42. The molecule has 1 heterocycles. The quantitative estimate of drug-likeness (QED) is 0.787. The summed E-state index contributed by atoms with van der Waals surface area (Å²) in [6.45, 7) is 3.67. The van der Waals surface area contributed by atoms with Crippen LogP contribution in [-0.2, 0) is 4.79 Å². The van der Waals surface area contributed by atoms with Crippen LogP contribution in [0, 0.1) is 5.92 Å². The van der Waals surface area contributed by atoms with Gasteiger partial charge in [0.15, 0.2) is 11.5 Å². The molecule has 7 nitrogen and oxygen atoms in total. The molecule has 0 unspecified atom stereocenters. The number of benzene rings is 1. The minimum atomic E-state index is -0.724. The molecule has 1 aromatic rings. The van der Waals surface area contributed by atoms with Gasteiger partial charge in [0, 0.05) is 24.6 Å². The Labute approximate surface area is 140 Å². The molecule has 7 heteroatoms. The van der Waals surface area contributed by atoms with Crippen LogP contribution in [0.2, 0.25) is 0 Å². The first kappa shape index (κ1) is 16.4. The Morgan fingerprint density at radius 2 is 1.83 bits per heavy atom. The van der Waals surface area contributed by atoms with Crippen molar-refractivity contribution in [2.75, 3.05) is 5.32 Å². The number of carbonyl (C=O) groups is 2. The molecule has 0 radical (unpaired) electrons. The molecule has 1 aliphatic carbocycles. The van der Waals surface area contributed by atoms with E-state index >= 15 is 0 Å². The molecule has 1 aliphatic heterocycles. The Bertz CT molecular complexity index is 653. The van der Waals surface area contributed by atoms with E-state index in [1.54, 1.807) is 18.2 Å². The van der Waals surface area contributed by atoms with Crippen molar-refractivity contribution in [3.63, 3.8) is 0 Å². The summed E-state index contributed by atoms with van der Waals surface area (Å²) in [5.74, 6) is 0.398. The van der Waals surface area contributed by atoms with E-state index in [0.717, 1.165) is 25.7 Å². The highest BCUT2D eigenvalue weighted by Gasteiger charge is 2.44. The van der Waals surface area contributed by atoms with Crippen LogP contribution in [-0.4, -0.2) is 23.8 Å². The van der Waals surface area contributed by atoms with Gasteiger partial charge in [-0.3, -0.25) is 4.79 Å². The average Bonchev–Trinajstić information content (AvgIpc) is 3.10. The second kappa shape index (κ2) is 6.22. The van der Waals surface area contributed by atoms with Gasteiger partial charge in [-0.1, -0.05) is 13.8 Å². The SMILES string of the molecule is CC(C)[C@@H](NC(N)=O)C(=O)Nc1ccc2c(c1)OC1(CCCC1)O2. The third kappa shape index (κ3) is 3.25. The van der Waals surface area contributed by atoms with Crippen LogP contribution in [0.4, 0.5) is 10.5 Å². The zero-order chi connectivity index (χ0) is 17.3. The highest BCUT2D eigenvalue weighted by atomic mass is 16.7. The molecule has 1 atom stereocenters. The standard InChI is InChI=1S/C17H23N3O4/c1-10(2)14(20-16(18)22)15(21)19-11-5-6-12-13(9-11)24-17(23-12)7-3-4-8-17/h5-6,9-10,14H,3-4,7-8H2,1-2H3,(H,19,21)(H3,18,20,22)/t14-/m1/s1. The number of hydrogen-bond donors (Lipinski definition) is 3. The van der Waals surface area contributed by atoms with Crippen molar-refractivity contribution in [3.8, 4) is 11.5 Å². The lowest BCUT2D eigenvalue weighted by Crippen LogP contribution is -2.49. The van der Waals surface area contributed by atoms with E-state index in [1.165, 1.54) is 0 Å². The predicted octanol–water partition coefficient (Wildman–Crippen LogP) is 2.36. The zero-order valence-electron chi connectivity index (χ0n) is 13.9. The molecular weight excluding hydrogens is 310 g/mol. The van der Waals surface area contributed by atoms with Gasteiger partial charge in [-0.05, 0) is 30.9 Å². The molecular formula is C17H23N3O4. The number of nitrogens with two attached hydrogens (primary N) is 1. The van der Waals surface area contributed by atoms with Gasteiger partial charge in [0.25, 0.3) is 5.79 Å². The number of rotatable bonds is 4. The second-order valence-electron chi connectivity index (χ2n) is 6.70. The number of urea groups is 1. The molecule has 24 heavy (non-hydrogen) atoms. The van der Waals surface area contributed by atoms with Crippen LogP contribution in [0.5, 0.6) is 11.5 Å². The lowest BCUT2D eigenvalue weighted by Gasteiger charge is -2.21. The van der Waals surface area contributed by atoms with Crippen LogP contribution >= 0.6 is 0 Å². The van der Waals surface area contributed by atoms with Gasteiger partial charge in [-0.2, -0.15) is 0 Å². The molecule has 1 fully saturated rings. The largest absolute Gasteiger partial charge is 0.448 e. The van der Waals surface area contributed by atoms with Crippen LogP contribution in [0.25, 0.3) is 0 Å². The first-order valence-electron chi connectivity index (χ1n) is 8.27. The molecule has 3 amide bonds. The molecule has 4 N–H and O–H groups in total. The zero-order valence-corrected chi connectivity index (χ0v) is 13.9. The summed E-state index contributed by atoms with van der Waals surface area (Å²) in [5, 5.41) is 5.25. The number of carbonyl (C=O) groups excluding carboxylic acids is 2. The fourth-order valence-electron chi connectivity index (χ4n) is 3.20. The van der Waals surface area contributed by atoms with E-state index in [-0.39, 0.29) is 11.8 Å². The predicted molar refractivity (Wildman–Crippen MR) is 88.9 cm³/mol. The van der Waals surface area contributed by atoms with Crippen molar-refractivity contribution in [1.82, 2.24) is 5.32 Å². The van der Waals surface area contributed by atoms with E-state index in [9.17, 15) is 9.59 Å². The Morgan fingerprint density at radius 3 is 2.46 bits per heavy atom. The van der Waals surface area contributed by atoms with E-state index in [4.69, 9.17) is 15.2 Å². The molecule has 1 spiro atoms. The van der Waals surface area contributed by atoms with Crippen LogP contribution in [0.3, 0.4) is 0 Å². The fourth-order valence-corrected chi connectivity index (χ4v) is 3.20. The minimum Gasteiger partial charge on any atom is -0.448 e. The van der Waals surface area contributed by atoms with Crippen molar-refractivity contribution >= 4 is 17.6 Å². The number of amides is 3. The summed E-state index contributed by atoms with van der Waals surface area (Å²) in [5.41, 5.74) is 5.73. The second-order valence-corrected chi connectivity index (χ2v) is 6.70. The number of anilines is 1. The van der Waals surface area contributed by atoms with Crippen molar-refractivity contribution < 1.29 is 19.1 Å². The van der Waals surface area contributed by atoms with Crippen LogP contribution < -0.4 is 25.8 Å². The van der Waals surface area contributed by atoms with Crippen LogP contribution in [0.1, 0.15) is 39.5 Å². The number of fused-ring (bicyclic) bond motifs is 1. The smallest absolute Gasteiger partial charge is 0.312 e. The van der Waals surface area contributed by atoms with Gasteiger partial charge in [0.1, 0.15) is 6.04 Å². The topological polar surface area (TPSA) is 103 Å². The minimum absolute atomic E-state index is 0.0896. The summed E-state index contributed by atoms with van der Waals surface area (Å²) >= 11 is 0. The molecule has 3 rings (SSSR count).